The van der Waals surface area contributed by atoms with Crippen molar-refractivity contribution in [2.75, 3.05) is 0 Å². The number of benzene rings is 1. The number of halogens is 2. The molecule has 0 radical (unpaired) electrons. The summed E-state index contributed by atoms with van der Waals surface area (Å²) < 4.78 is 27.8. The molecule has 0 saturated carbocycles. The van der Waals surface area contributed by atoms with Crippen molar-refractivity contribution in [2.24, 2.45) is 0 Å². The first-order valence-corrected chi connectivity index (χ1v) is 8.89. The van der Waals surface area contributed by atoms with Crippen molar-refractivity contribution in [1.29, 1.82) is 0 Å². The molecule has 1 aromatic carbocycles. The number of thiophene rings is 1. The Balaban J connectivity index is 2.22. The minimum absolute atomic E-state index is 0.201. The number of hydrogen-bond donors (Lipinski definition) is 1. The van der Waals surface area contributed by atoms with Gasteiger partial charge in [-0.2, -0.15) is 0 Å². The second-order valence-electron chi connectivity index (χ2n) is 3.94. The van der Waals surface area contributed by atoms with Crippen LogP contribution < -0.4 is 4.72 Å². The van der Waals surface area contributed by atoms with Crippen molar-refractivity contribution in [3.63, 3.8) is 0 Å². The maximum Gasteiger partial charge on any atom is 0.250 e. The van der Waals surface area contributed by atoms with E-state index in [-0.39, 0.29) is 10.3 Å². The summed E-state index contributed by atoms with van der Waals surface area (Å²) in [6, 6.07) is 10.5. The monoisotopic (exact) mass is 379 g/mol. The lowest BCUT2D eigenvalue weighted by Gasteiger charge is -2.13. The third-order valence-corrected chi connectivity index (χ3v) is 7.01. The molecular weight excluding hydrogens is 370 g/mol. The van der Waals surface area contributed by atoms with E-state index in [4.69, 9.17) is 11.6 Å². The van der Waals surface area contributed by atoms with Gasteiger partial charge < -0.3 is 0 Å². The van der Waals surface area contributed by atoms with Crippen LogP contribution in [-0.4, -0.2) is 8.42 Å². The van der Waals surface area contributed by atoms with E-state index in [1.54, 1.807) is 6.92 Å². The molecule has 2 aromatic rings. The fourth-order valence-electron chi connectivity index (χ4n) is 1.56. The van der Waals surface area contributed by atoms with Crippen LogP contribution in [0, 0.1) is 0 Å². The molecule has 0 aliphatic rings. The molecule has 1 N–H and O–H groups in total. The van der Waals surface area contributed by atoms with E-state index >= 15 is 0 Å². The van der Waals surface area contributed by atoms with E-state index in [1.165, 1.54) is 6.07 Å². The average molecular weight is 381 g/mol. The summed E-state index contributed by atoms with van der Waals surface area (Å²) in [5, 5.41) is 0.401. The lowest BCUT2D eigenvalue weighted by Crippen LogP contribution is -2.26. The van der Waals surface area contributed by atoms with Gasteiger partial charge in [0.05, 0.1) is 8.81 Å². The van der Waals surface area contributed by atoms with Gasteiger partial charge in [0, 0.05) is 6.04 Å². The summed E-state index contributed by atoms with van der Waals surface area (Å²) in [6.45, 7) is 1.80. The first-order chi connectivity index (χ1) is 8.90. The summed E-state index contributed by atoms with van der Waals surface area (Å²) >= 11 is 10.2. The lowest BCUT2D eigenvalue weighted by molar-refractivity contribution is 0.569. The van der Waals surface area contributed by atoms with Gasteiger partial charge in [-0.1, -0.05) is 41.9 Å². The molecule has 0 aliphatic heterocycles. The molecule has 102 valence electrons. The summed E-state index contributed by atoms with van der Waals surface area (Å²) in [5.41, 5.74) is 0.910. The van der Waals surface area contributed by atoms with E-state index in [2.05, 4.69) is 20.7 Å². The normalized spacial score (nSPS) is 13.4. The molecule has 0 aliphatic carbocycles. The maximum atomic E-state index is 12.2. The molecule has 0 amide bonds. The standard InChI is InChI=1S/C12H11BrClNO2S2/c1-8(9-5-3-2-4-6-9)15-19(16,17)11-7-10(14)12(13)18-11/h2-8,15H,1H3/t8-/m0/s1. The Hall–Kier alpha value is -0.400. The van der Waals surface area contributed by atoms with Gasteiger partial charge in [-0.3, -0.25) is 0 Å². The van der Waals surface area contributed by atoms with Crippen molar-refractivity contribution in [2.45, 2.75) is 17.2 Å². The van der Waals surface area contributed by atoms with Gasteiger partial charge in [0.15, 0.2) is 0 Å². The van der Waals surface area contributed by atoms with Crippen LogP contribution >= 0.6 is 38.9 Å². The Bertz CT molecular complexity index is 651. The number of hydrogen-bond acceptors (Lipinski definition) is 3. The molecular formula is C12H11BrClNO2S2. The van der Waals surface area contributed by atoms with Crippen LogP contribution in [0.2, 0.25) is 5.02 Å². The predicted molar refractivity (Wildman–Crippen MR) is 82.2 cm³/mol. The SMILES string of the molecule is C[C@H](NS(=O)(=O)c1cc(Cl)c(Br)s1)c1ccccc1. The van der Waals surface area contributed by atoms with Crippen LogP contribution in [0.1, 0.15) is 18.5 Å². The fourth-order valence-corrected chi connectivity index (χ4v) is 5.21. The van der Waals surface area contributed by atoms with Crippen LogP contribution in [0.25, 0.3) is 0 Å². The largest absolute Gasteiger partial charge is 0.250 e. The van der Waals surface area contributed by atoms with Crippen molar-refractivity contribution in [3.8, 4) is 0 Å². The summed E-state index contributed by atoms with van der Waals surface area (Å²) in [4.78, 5) is 0. The molecule has 0 saturated heterocycles. The Kier molecular flexibility index (Phi) is 4.68. The zero-order valence-corrected chi connectivity index (χ0v) is 13.9. The molecule has 0 bridgehead atoms. The van der Waals surface area contributed by atoms with Crippen molar-refractivity contribution in [3.05, 3.63) is 50.8 Å². The second kappa shape index (κ2) is 5.93. The van der Waals surface area contributed by atoms with Gasteiger partial charge in [0.2, 0.25) is 0 Å². The highest BCUT2D eigenvalue weighted by Gasteiger charge is 2.21. The van der Waals surface area contributed by atoms with E-state index in [0.29, 0.717) is 8.81 Å². The predicted octanol–water partition coefficient (Wildman–Crippen LogP) is 4.20. The average Bonchev–Trinajstić information content (AvgIpc) is 2.71. The number of sulfonamides is 1. The zero-order valence-electron chi connectivity index (χ0n) is 9.93. The fraction of sp³-hybridized carbons (Fsp3) is 0.167. The molecule has 3 nitrogen and oxygen atoms in total. The van der Waals surface area contributed by atoms with E-state index in [0.717, 1.165) is 16.9 Å². The Labute approximate surface area is 129 Å². The Morgan fingerprint density at radius 2 is 1.95 bits per heavy atom. The van der Waals surface area contributed by atoms with Gasteiger partial charge in [-0.05, 0) is 34.5 Å². The zero-order chi connectivity index (χ0) is 14.0. The van der Waals surface area contributed by atoms with Gasteiger partial charge in [0.25, 0.3) is 10.0 Å². The third kappa shape index (κ3) is 3.58. The lowest BCUT2D eigenvalue weighted by atomic mass is 10.1. The Morgan fingerprint density at radius 3 is 2.47 bits per heavy atom. The van der Waals surface area contributed by atoms with Crippen LogP contribution in [0.15, 0.2) is 44.4 Å². The van der Waals surface area contributed by atoms with Gasteiger partial charge in [-0.15, -0.1) is 11.3 Å². The highest BCUT2D eigenvalue weighted by Crippen LogP contribution is 2.35. The summed E-state index contributed by atoms with van der Waals surface area (Å²) in [6.07, 6.45) is 0. The quantitative estimate of drug-likeness (QED) is 0.864. The van der Waals surface area contributed by atoms with Crippen LogP contribution in [0.4, 0.5) is 0 Å². The minimum Gasteiger partial charge on any atom is -0.206 e. The third-order valence-electron chi connectivity index (χ3n) is 2.52. The molecule has 0 fully saturated rings. The molecule has 1 heterocycles. The molecule has 0 unspecified atom stereocenters. The number of rotatable bonds is 4. The minimum atomic E-state index is -3.56. The van der Waals surface area contributed by atoms with Crippen LogP contribution in [-0.2, 0) is 10.0 Å². The first-order valence-electron chi connectivity index (χ1n) is 5.42. The molecule has 0 spiro atoms. The van der Waals surface area contributed by atoms with Gasteiger partial charge in [-0.25, -0.2) is 13.1 Å². The van der Waals surface area contributed by atoms with E-state index in [9.17, 15) is 8.42 Å². The maximum absolute atomic E-state index is 12.2. The molecule has 19 heavy (non-hydrogen) atoms. The van der Waals surface area contributed by atoms with Crippen LogP contribution in [0.3, 0.4) is 0 Å². The second-order valence-corrected chi connectivity index (χ2v) is 8.66. The topological polar surface area (TPSA) is 46.2 Å². The highest BCUT2D eigenvalue weighted by molar-refractivity contribution is 9.11. The Morgan fingerprint density at radius 1 is 1.32 bits per heavy atom. The smallest absolute Gasteiger partial charge is 0.206 e. The number of nitrogens with one attached hydrogen (secondary N) is 1. The van der Waals surface area contributed by atoms with Crippen molar-refractivity contribution in [1.82, 2.24) is 4.72 Å². The molecule has 1 aromatic heterocycles. The first kappa shape index (κ1) is 15.0. The van der Waals surface area contributed by atoms with Gasteiger partial charge in [0.1, 0.15) is 4.21 Å². The summed E-state index contributed by atoms with van der Waals surface area (Å²) in [7, 11) is -3.56. The van der Waals surface area contributed by atoms with Crippen LogP contribution in [0.5, 0.6) is 0 Å². The van der Waals surface area contributed by atoms with Crippen molar-refractivity contribution < 1.29 is 8.42 Å². The summed E-state index contributed by atoms with van der Waals surface area (Å²) in [5.74, 6) is 0. The molecule has 1 atom stereocenters. The molecule has 7 heteroatoms. The highest BCUT2D eigenvalue weighted by atomic mass is 79.9. The van der Waals surface area contributed by atoms with E-state index in [1.807, 2.05) is 30.3 Å². The van der Waals surface area contributed by atoms with Crippen molar-refractivity contribution >= 4 is 48.9 Å². The van der Waals surface area contributed by atoms with E-state index < -0.39 is 10.0 Å². The molecule has 2 rings (SSSR count). The van der Waals surface area contributed by atoms with Gasteiger partial charge >= 0.3 is 0 Å².